The van der Waals surface area contributed by atoms with Crippen molar-refractivity contribution in [3.63, 3.8) is 0 Å². The Kier molecular flexibility index (Phi) is 4.02. The zero-order valence-corrected chi connectivity index (χ0v) is 12.1. The Balaban J connectivity index is 2.10. The first-order chi connectivity index (χ1) is 9.86. The first-order valence-electron chi connectivity index (χ1n) is 6.42. The minimum Gasteiger partial charge on any atom is -0.324 e. The van der Waals surface area contributed by atoms with Crippen molar-refractivity contribution in [1.29, 1.82) is 0 Å². The van der Waals surface area contributed by atoms with Crippen molar-refractivity contribution in [3.8, 4) is 0 Å². The molecule has 1 amide bonds. The van der Waals surface area contributed by atoms with Gasteiger partial charge in [-0.05, 0) is 38.0 Å². The van der Waals surface area contributed by atoms with Gasteiger partial charge >= 0.3 is 5.69 Å². The number of aryl methyl sites for hydroxylation is 3. The molecule has 2 rings (SSSR count). The molecule has 0 fully saturated rings. The average Bonchev–Trinajstić information content (AvgIpc) is 2.74. The van der Waals surface area contributed by atoms with Gasteiger partial charge in [-0.15, -0.1) is 0 Å². The number of carbonyl (C=O) groups excluding carboxylic acids is 1. The summed E-state index contributed by atoms with van der Waals surface area (Å²) < 4.78 is 1.27. The van der Waals surface area contributed by atoms with Crippen molar-refractivity contribution in [2.24, 2.45) is 0 Å². The van der Waals surface area contributed by atoms with Crippen LogP contribution in [0.5, 0.6) is 0 Å². The monoisotopic (exact) mass is 288 g/mol. The van der Waals surface area contributed by atoms with Gasteiger partial charge in [-0.1, -0.05) is 12.1 Å². The van der Waals surface area contributed by atoms with Crippen molar-refractivity contribution >= 4 is 17.3 Å². The number of hydrogen-bond donors (Lipinski definition) is 1. The fraction of sp³-hybridized carbons (Fsp3) is 0.286. The van der Waals surface area contributed by atoms with Gasteiger partial charge in [-0.2, -0.15) is 5.10 Å². The summed E-state index contributed by atoms with van der Waals surface area (Å²) in [5, 5.41) is 17.5. The van der Waals surface area contributed by atoms with Crippen molar-refractivity contribution in [3.05, 3.63) is 51.3 Å². The van der Waals surface area contributed by atoms with Crippen LogP contribution in [0.3, 0.4) is 0 Å². The van der Waals surface area contributed by atoms with Gasteiger partial charge in [0.15, 0.2) is 0 Å². The van der Waals surface area contributed by atoms with Gasteiger partial charge in [0.2, 0.25) is 5.91 Å². The molecule has 0 unspecified atom stereocenters. The first kappa shape index (κ1) is 14.7. The van der Waals surface area contributed by atoms with E-state index in [9.17, 15) is 14.9 Å². The van der Waals surface area contributed by atoms with Crippen molar-refractivity contribution < 1.29 is 9.72 Å². The zero-order chi connectivity index (χ0) is 15.6. The molecular weight excluding hydrogens is 272 g/mol. The Morgan fingerprint density at radius 2 is 2.10 bits per heavy atom. The van der Waals surface area contributed by atoms with E-state index in [1.54, 1.807) is 0 Å². The van der Waals surface area contributed by atoms with Gasteiger partial charge in [0, 0.05) is 5.69 Å². The van der Waals surface area contributed by atoms with Crippen molar-refractivity contribution in [2.75, 3.05) is 5.32 Å². The van der Waals surface area contributed by atoms with E-state index in [-0.39, 0.29) is 18.1 Å². The fourth-order valence-electron chi connectivity index (χ4n) is 1.97. The molecule has 7 nitrogen and oxygen atoms in total. The molecule has 0 spiro atoms. The number of amides is 1. The lowest BCUT2D eigenvalue weighted by Crippen LogP contribution is -2.19. The summed E-state index contributed by atoms with van der Waals surface area (Å²) in [4.78, 5) is 22.2. The van der Waals surface area contributed by atoms with Crippen LogP contribution in [-0.4, -0.2) is 20.6 Å². The Labute approximate surface area is 121 Å². The van der Waals surface area contributed by atoms with Gasteiger partial charge < -0.3 is 5.32 Å². The molecule has 0 radical (unpaired) electrons. The largest absolute Gasteiger partial charge is 0.324 e. The van der Waals surface area contributed by atoms with Gasteiger partial charge in [0.05, 0.1) is 4.92 Å². The van der Waals surface area contributed by atoms with E-state index in [2.05, 4.69) is 10.4 Å². The first-order valence-corrected chi connectivity index (χ1v) is 6.42. The summed E-state index contributed by atoms with van der Waals surface area (Å²) in [5.41, 5.74) is 2.94. The average molecular weight is 288 g/mol. The number of rotatable bonds is 4. The molecule has 1 aromatic heterocycles. The third kappa shape index (κ3) is 3.44. The second kappa shape index (κ2) is 5.74. The number of benzene rings is 1. The maximum Gasteiger partial charge on any atom is 0.309 e. The molecule has 0 saturated heterocycles. The number of carbonyl (C=O) groups is 1. The summed E-state index contributed by atoms with van der Waals surface area (Å²) in [5.74, 6) is -0.277. The summed E-state index contributed by atoms with van der Waals surface area (Å²) in [6.07, 6.45) is 1.26. The predicted molar refractivity (Wildman–Crippen MR) is 78.2 cm³/mol. The van der Waals surface area contributed by atoms with E-state index in [0.29, 0.717) is 5.69 Å². The van der Waals surface area contributed by atoms with Crippen LogP contribution < -0.4 is 5.32 Å². The highest BCUT2D eigenvalue weighted by molar-refractivity contribution is 5.91. The van der Waals surface area contributed by atoms with Gasteiger partial charge in [0.1, 0.15) is 18.4 Å². The van der Waals surface area contributed by atoms with Crippen LogP contribution in [0.2, 0.25) is 0 Å². The Bertz CT molecular complexity index is 706. The Morgan fingerprint density at radius 1 is 1.38 bits per heavy atom. The molecule has 0 aliphatic carbocycles. The fourth-order valence-corrected chi connectivity index (χ4v) is 1.97. The third-order valence-corrected chi connectivity index (χ3v) is 3.09. The summed E-state index contributed by atoms with van der Waals surface area (Å²) in [6, 6.07) is 5.77. The molecule has 7 heteroatoms. The van der Waals surface area contributed by atoms with Crippen LogP contribution in [-0.2, 0) is 11.3 Å². The molecule has 0 bridgehead atoms. The minimum absolute atomic E-state index is 0.0674. The zero-order valence-electron chi connectivity index (χ0n) is 12.1. The minimum atomic E-state index is -0.512. The highest BCUT2D eigenvalue weighted by Gasteiger charge is 2.16. The second-order valence-electron chi connectivity index (χ2n) is 4.92. The number of nitrogens with zero attached hydrogens (tertiary/aromatic N) is 3. The quantitative estimate of drug-likeness (QED) is 0.690. The van der Waals surface area contributed by atoms with E-state index in [4.69, 9.17) is 0 Å². The molecule has 0 aliphatic heterocycles. The molecule has 1 aromatic carbocycles. The highest BCUT2D eigenvalue weighted by atomic mass is 16.6. The molecule has 1 N–H and O–H groups in total. The number of anilines is 1. The van der Waals surface area contributed by atoms with Gasteiger partial charge in [-0.25, -0.2) is 0 Å². The van der Waals surface area contributed by atoms with Gasteiger partial charge in [-0.3, -0.25) is 19.6 Å². The molecule has 0 aliphatic rings. The van der Waals surface area contributed by atoms with Crippen LogP contribution >= 0.6 is 0 Å². The van der Waals surface area contributed by atoms with Crippen LogP contribution in [0.1, 0.15) is 16.8 Å². The van der Waals surface area contributed by atoms with Crippen LogP contribution in [0.4, 0.5) is 11.4 Å². The summed E-state index contributed by atoms with van der Waals surface area (Å²) in [6.45, 7) is 5.31. The van der Waals surface area contributed by atoms with E-state index in [1.165, 1.54) is 17.8 Å². The molecule has 21 heavy (non-hydrogen) atoms. The predicted octanol–water partition coefficient (Wildman–Crippen LogP) is 2.36. The lowest BCUT2D eigenvalue weighted by atomic mass is 10.1. The van der Waals surface area contributed by atoms with Gasteiger partial charge in [0.25, 0.3) is 0 Å². The van der Waals surface area contributed by atoms with E-state index < -0.39 is 4.92 Å². The standard InChI is InChI=1S/C14H16N4O3/c1-9-4-5-10(2)12(6-9)15-14(19)8-17-7-13(18(20)21)11(3)16-17/h4-7H,8H2,1-3H3,(H,15,19). The lowest BCUT2D eigenvalue weighted by molar-refractivity contribution is -0.385. The van der Waals surface area contributed by atoms with Crippen molar-refractivity contribution in [2.45, 2.75) is 27.3 Å². The molecule has 0 atom stereocenters. The number of hydrogen-bond acceptors (Lipinski definition) is 4. The smallest absolute Gasteiger partial charge is 0.309 e. The highest BCUT2D eigenvalue weighted by Crippen LogP contribution is 2.17. The topological polar surface area (TPSA) is 90.1 Å². The third-order valence-electron chi connectivity index (χ3n) is 3.09. The molecule has 110 valence electrons. The van der Waals surface area contributed by atoms with Crippen molar-refractivity contribution in [1.82, 2.24) is 9.78 Å². The van der Waals surface area contributed by atoms with E-state index in [1.807, 2.05) is 32.0 Å². The van der Waals surface area contributed by atoms with Crippen LogP contribution in [0, 0.1) is 30.9 Å². The molecular formula is C14H16N4O3. The number of nitrogens with one attached hydrogen (secondary N) is 1. The molecule has 1 heterocycles. The lowest BCUT2D eigenvalue weighted by Gasteiger charge is -2.09. The van der Waals surface area contributed by atoms with E-state index in [0.717, 1.165) is 16.8 Å². The molecule has 2 aromatic rings. The summed E-state index contributed by atoms with van der Waals surface area (Å²) in [7, 11) is 0. The number of nitro groups is 1. The van der Waals surface area contributed by atoms with E-state index >= 15 is 0 Å². The second-order valence-corrected chi connectivity index (χ2v) is 4.92. The maximum absolute atomic E-state index is 12.0. The SMILES string of the molecule is Cc1ccc(C)c(NC(=O)Cn2cc([N+](=O)[O-])c(C)n2)c1. The normalized spacial score (nSPS) is 10.4. The number of aromatic nitrogens is 2. The Morgan fingerprint density at radius 3 is 2.71 bits per heavy atom. The molecule has 0 saturated carbocycles. The summed E-state index contributed by atoms with van der Waals surface area (Å²) >= 11 is 0. The van der Waals surface area contributed by atoms with Crippen LogP contribution in [0.15, 0.2) is 24.4 Å². The maximum atomic E-state index is 12.0. The van der Waals surface area contributed by atoms with Crippen LogP contribution in [0.25, 0.3) is 0 Å². The Hall–Kier alpha value is -2.70.